The number of nitrogens with zero attached hydrogens (tertiary/aromatic N) is 2. The van der Waals surface area contributed by atoms with Crippen LogP contribution >= 0.6 is 0 Å². The first-order valence-electron chi connectivity index (χ1n) is 6.19. The highest BCUT2D eigenvalue weighted by Gasteiger charge is 2.04. The van der Waals surface area contributed by atoms with E-state index in [1.165, 1.54) is 24.3 Å². The van der Waals surface area contributed by atoms with Crippen LogP contribution in [0, 0.1) is 10.1 Å². The zero-order chi connectivity index (χ0) is 17.2. The molecule has 0 amide bonds. The third-order valence-electron chi connectivity index (χ3n) is 2.30. The lowest BCUT2D eigenvalue weighted by Gasteiger charge is -1.96. The number of oxime groups is 1. The number of rotatable bonds is 3. The fourth-order valence-corrected chi connectivity index (χ4v) is 1.30. The number of nitro benzene ring substituents is 1. The molecule has 2 aromatic carbocycles. The van der Waals surface area contributed by atoms with E-state index in [-0.39, 0.29) is 17.4 Å². The molecule has 9 heteroatoms. The Morgan fingerprint density at radius 1 is 1.09 bits per heavy atom. The molecule has 0 aromatic heterocycles. The maximum absolute atomic E-state index is 11.1. The average molecular weight is 318 g/mol. The molecule has 0 radical (unpaired) electrons. The largest absolute Gasteiger partial charge is 0.508 e. The summed E-state index contributed by atoms with van der Waals surface area (Å²) in [6, 6.07) is 13.5. The molecule has 0 aliphatic heterocycles. The van der Waals surface area contributed by atoms with Crippen LogP contribution in [0.3, 0.4) is 0 Å². The van der Waals surface area contributed by atoms with E-state index in [0.29, 0.717) is 5.56 Å². The van der Waals surface area contributed by atoms with Crippen molar-refractivity contribution < 1.29 is 19.7 Å². The van der Waals surface area contributed by atoms with Gasteiger partial charge in [0.05, 0.1) is 10.5 Å². The summed E-state index contributed by atoms with van der Waals surface area (Å²) in [5.41, 5.74) is 10.3. The van der Waals surface area contributed by atoms with E-state index in [1.807, 2.05) is 0 Å². The molecule has 5 N–H and O–H groups in total. The van der Waals surface area contributed by atoms with E-state index in [2.05, 4.69) is 9.99 Å². The minimum Gasteiger partial charge on any atom is -0.508 e. The number of nitrogens with two attached hydrogens (primary N) is 2. The van der Waals surface area contributed by atoms with Crippen molar-refractivity contribution in [3.8, 4) is 5.75 Å². The Kier molecular flexibility index (Phi) is 6.53. The van der Waals surface area contributed by atoms with Crippen molar-refractivity contribution in [2.75, 3.05) is 0 Å². The van der Waals surface area contributed by atoms with Gasteiger partial charge in [-0.3, -0.25) is 10.1 Å². The highest BCUT2D eigenvalue weighted by molar-refractivity contribution is 5.89. The Balaban J connectivity index is 0.000000238. The van der Waals surface area contributed by atoms with Gasteiger partial charge in [0.15, 0.2) is 0 Å². The molecule has 0 aliphatic carbocycles. The number of phenols is 1. The van der Waals surface area contributed by atoms with E-state index in [9.17, 15) is 14.9 Å². The predicted molar refractivity (Wildman–Crippen MR) is 82.4 cm³/mol. The molecule has 0 saturated carbocycles. The van der Waals surface area contributed by atoms with Crippen LogP contribution in [0.25, 0.3) is 0 Å². The maximum atomic E-state index is 11.1. The van der Waals surface area contributed by atoms with Crippen LogP contribution in [0.1, 0.15) is 10.4 Å². The van der Waals surface area contributed by atoms with E-state index in [0.717, 1.165) is 0 Å². The summed E-state index contributed by atoms with van der Waals surface area (Å²) in [7, 11) is 0. The van der Waals surface area contributed by atoms with Gasteiger partial charge in [0.25, 0.3) is 5.69 Å². The van der Waals surface area contributed by atoms with Gasteiger partial charge in [-0.15, -0.1) is 0 Å². The standard InChI is InChI=1S/C8H9N3O2.C6H5NO3/c9-8(10)11-13-7(12)6-4-2-1-3-5-6;8-6-3-1-5(2-4-6)7(9)10/h1-5H,(H4,9,10,11);1-4,8H. The summed E-state index contributed by atoms with van der Waals surface area (Å²) in [5, 5.41) is 21.9. The lowest BCUT2D eigenvalue weighted by molar-refractivity contribution is -0.384. The van der Waals surface area contributed by atoms with Crippen molar-refractivity contribution >= 4 is 17.6 Å². The molecule has 23 heavy (non-hydrogen) atoms. The van der Waals surface area contributed by atoms with Crippen LogP contribution in [-0.4, -0.2) is 22.0 Å². The zero-order valence-electron chi connectivity index (χ0n) is 11.8. The van der Waals surface area contributed by atoms with Crippen LogP contribution in [0.5, 0.6) is 5.75 Å². The molecular formula is C14H14N4O5. The summed E-state index contributed by atoms with van der Waals surface area (Å²) < 4.78 is 0. The molecular weight excluding hydrogens is 304 g/mol. The maximum Gasteiger partial charge on any atom is 0.365 e. The third kappa shape index (κ3) is 6.58. The number of benzene rings is 2. The Hall–Kier alpha value is -3.62. The molecule has 9 nitrogen and oxygen atoms in total. The minimum atomic E-state index is -0.589. The zero-order valence-corrected chi connectivity index (χ0v) is 11.8. The average Bonchev–Trinajstić information content (AvgIpc) is 2.54. The number of hydrogen-bond acceptors (Lipinski definition) is 6. The fraction of sp³-hybridized carbons (Fsp3) is 0. The lowest BCUT2D eigenvalue weighted by Crippen LogP contribution is -2.23. The Morgan fingerprint density at radius 2 is 1.65 bits per heavy atom. The topological polar surface area (TPSA) is 154 Å². The van der Waals surface area contributed by atoms with Gasteiger partial charge in [0, 0.05) is 12.1 Å². The van der Waals surface area contributed by atoms with Gasteiger partial charge in [0.2, 0.25) is 5.96 Å². The second kappa shape index (κ2) is 8.62. The van der Waals surface area contributed by atoms with Crippen LogP contribution in [0.15, 0.2) is 59.8 Å². The molecule has 120 valence electrons. The normalized spacial score (nSPS) is 9.04. The minimum absolute atomic E-state index is 0.0159. The smallest absolute Gasteiger partial charge is 0.365 e. The first kappa shape index (κ1) is 17.4. The van der Waals surface area contributed by atoms with Crippen molar-refractivity contribution in [2.24, 2.45) is 16.6 Å². The first-order chi connectivity index (χ1) is 10.9. The third-order valence-corrected chi connectivity index (χ3v) is 2.30. The molecule has 0 atom stereocenters. The number of nitro groups is 1. The van der Waals surface area contributed by atoms with E-state index >= 15 is 0 Å². The van der Waals surface area contributed by atoms with Crippen molar-refractivity contribution in [2.45, 2.75) is 0 Å². The first-order valence-corrected chi connectivity index (χ1v) is 6.19. The quantitative estimate of drug-likeness (QED) is 0.253. The Bertz CT molecular complexity index is 682. The van der Waals surface area contributed by atoms with Crippen molar-refractivity contribution in [3.05, 3.63) is 70.3 Å². The summed E-state index contributed by atoms with van der Waals surface area (Å²) >= 11 is 0. The van der Waals surface area contributed by atoms with Gasteiger partial charge in [-0.25, -0.2) is 4.79 Å². The van der Waals surface area contributed by atoms with Crippen LogP contribution in [0.2, 0.25) is 0 Å². The van der Waals surface area contributed by atoms with Crippen molar-refractivity contribution in [3.63, 3.8) is 0 Å². The highest BCUT2D eigenvalue weighted by Crippen LogP contribution is 2.14. The number of carbonyl (C=O) groups excluding carboxylic acids is 1. The van der Waals surface area contributed by atoms with Crippen molar-refractivity contribution in [1.82, 2.24) is 0 Å². The molecule has 0 aliphatic rings. The van der Waals surface area contributed by atoms with Gasteiger partial charge in [-0.05, 0) is 29.4 Å². The van der Waals surface area contributed by atoms with Crippen LogP contribution < -0.4 is 11.5 Å². The van der Waals surface area contributed by atoms with Gasteiger partial charge in [0.1, 0.15) is 5.75 Å². The fourth-order valence-electron chi connectivity index (χ4n) is 1.30. The number of hydrogen-bond donors (Lipinski definition) is 3. The monoisotopic (exact) mass is 318 g/mol. The molecule has 0 unspecified atom stereocenters. The molecule has 0 bridgehead atoms. The second-order valence-corrected chi connectivity index (χ2v) is 4.03. The van der Waals surface area contributed by atoms with E-state index < -0.39 is 10.9 Å². The number of non-ortho nitro benzene ring substituents is 1. The summed E-state index contributed by atoms with van der Waals surface area (Å²) in [6.07, 6.45) is 0. The van der Waals surface area contributed by atoms with E-state index in [4.69, 9.17) is 16.6 Å². The molecule has 2 aromatic rings. The lowest BCUT2D eigenvalue weighted by atomic mass is 10.2. The second-order valence-electron chi connectivity index (χ2n) is 4.03. The Labute approximate surface area is 130 Å². The van der Waals surface area contributed by atoms with Crippen LogP contribution in [-0.2, 0) is 4.84 Å². The number of phenolic OH excluding ortho intramolecular Hbond substituents is 1. The highest BCUT2D eigenvalue weighted by atomic mass is 16.7. The van der Waals surface area contributed by atoms with Gasteiger partial charge < -0.3 is 21.4 Å². The molecule has 0 heterocycles. The molecule has 0 spiro atoms. The predicted octanol–water partition coefficient (Wildman–Crippen LogP) is 1.33. The summed E-state index contributed by atoms with van der Waals surface area (Å²) in [5.74, 6) is -0.844. The molecule has 0 fully saturated rings. The van der Waals surface area contributed by atoms with Gasteiger partial charge in [-0.2, -0.15) is 0 Å². The number of guanidine groups is 1. The summed E-state index contributed by atoms with van der Waals surface area (Å²) in [4.78, 5) is 25.0. The van der Waals surface area contributed by atoms with Gasteiger partial charge >= 0.3 is 5.97 Å². The SMILES string of the molecule is NC(N)=NOC(=O)c1ccccc1.O=[N+]([O-])c1ccc(O)cc1. The Morgan fingerprint density at radius 3 is 2.13 bits per heavy atom. The van der Waals surface area contributed by atoms with E-state index in [1.54, 1.807) is 30.3 Å². The number of aromatic hydroxyl groups is 1. The van der Waals surface area contributed by atoms with Gasteiger partial charge in [-0.1, -0.05) is 18.2 Å². The van der Waals surface area contributed by atoms with Crippen molar-refractivity contribution in [1.29, 1.82) is 0 Å². The van der Waals surface area contributed by atoms with Crippen LogP contribution in [0.4, 0.5) is 5.69 Å². The molecule has 0 saturated heterocycles. The molecule has 2 rings (SSSR count). The summed E-state index contributed by atoms with van der Waals surface area (Å²) in [6.45, 7) is 0. The number of carbonyl (C=O) groups is 1.